The molecule has 2 heterocycles. The molecule has 25 heavy (non-hydrogen) atoms. The van der Waals surface area contributed by atoms with E-state index in [1.54, 1.807) is 24.5 Å². The van der Waals surface area contributed by atoms with E-state index >= 15 is 0 Å². The second-order valence-electron chi connectivity index (χ2n) is 5.74. The molecule has 0 bridgehead atoms. The van der Waals surface area contributed by atoms with Crippen molar-refractivity contribution in [2.24, 2.45) is 12.1 Å². The normalized spacial score (nSPS) is 11.3. The summed E-state index contributed by atoms with van der Waals surface area (Å²) in [6, 6.07) is 7.61. The van der Waals surface area contributed by atoms with Crippen LogP contribution in [-0.4, -0.2) is 28.0 Å². The van der Waals surface area contributed by atoms with Gasteiger partial charge in [0.2, 0.25) is 6.41 Å². The van der Waals surface area contributed by atoms with Crippen molar-refractivity contribution in [2.45, 2.75) is 20.3 Å². The Kier molecular flexibility index (Phi) is 4.76. The van der Waals surface area contributed by atoms with Crippen LogP contribution >= 0.6 is 11.3 Å². The number of carbonyl (C=O) groups excluding carboxylic acids is 2. The predicted octanol–water partition coefficient (Wildman–Crippen LogP) is 2.82. The van der Waals surface area contributed by atoms with Crippen molar-refractivity contribution in [1.29, 1.82) is 0 Å². The number of Topliss-reactive ketones (excluding diaryl/α,β-unsaturated/α-hetero) is 1. The molecule has 7 heteroatoms. The number of fused-ring (bicyclic) bond motifs is 1. The van der Waals surface area contributed by atoms with Crippen LogP contribution in [0.5, 0.6) is 0 Å². The molecule has 1 N–H and O–H groups in total. The molecule has 0 unspecified atom stereocenters. The minimum Gasteiger partial charge on any atom is -0.331 e. The summed E-state index contributed by atoms with van der Waals surface area (Å²) in [5.41, 5.74) is 6.91. The summed E-state index contributed by atoms with van der Waals surface area (Å²) in [7, 11) is 1.97. The Labute approximate surface area is 149 Å². The first-order valence-electron chi connectivity index (χ1n) is 7.78. The van der Waals surface area contributed by atoms with Crippen LogP contribution in [0.15, 0.2) is 29.4 Å². The average molecular weight is 354 g/mol. The maximum atomic E-state index is 11.6. The largest absolute Gasteiger partial charge is 0.331 e. The van der Waals surface area contributed by atoms with Crippen LogP contribution in [0, 0.1) is 6.92 Å². The Balaban J connectivity index is 2.08. The van der Waals surface area contributed by atoms with Crippen molar-refractivity contribution < 1.29 is 9.59 Å². The third-order valence-electron chi connectivity index (χ3n) is 4.02. The molecule has 0 aliphatic heterocycles. The van der Waals surface area contributed by atoms with Crippen LogP contribution in [-0.2, 0) is 18.3 Å². The molecule has 0 atom stereocenters. The summed E-state index contributed by atoms with van der Waals surface area (Å²) in [6.45, 7) is 3.53. The van der Waals surface area contributed by atoms with Gasteiger partial charge in [0.05, 0.1) is 15.9 Å². The van der Waals surface area contributed by atoms with E-state index in [1.165, 1.54) is 0 Å². The van der Waals surface area contributed by atoms with Gasteiger partial charge in [-0.3, -0.25) is 9.59 Å². The number of nitrogens with zero attached hydrogens (tertiary/aromatic N) is 3. The van der Waals surface area contributed by atoms with Crippen molar-refractivity contribution in [3.63, 3.8) is 0 Å². The molecule has 6 nitrogen and oxygen atoms in total. The van der Waals surface area contributed by atoms with Gasteiger partial charge >= 0.3 is 0 Å². The highest BCUT2D eigenvalue weighted by Crippen LogP contribution is 2.30. The lowest BCUT2D eigenvalue weighted by molar-refractivity contribution is -0.109. The van der Waals surface area contributed by atoms with E-state index in [0.717, 1.165) is 32.2 Å². The Morgan fingerprint density at radius 3 is 2.96 bits per heavy atom. The number of rotatable bonds is 6. The van der Waals surface area contributed by atoms with Gasteiger partial charge in [-0.15, -0.1) is 11.3 Å². The lowest BCUT2D eigenvalue weighted by Gasteiger charge is -2.07. The summed E-state index contributed by atoms with van der Waals surface area (Å²) in [6.07, 6.45) is 2.82. The van der Waals surface area contributed by atoms with E-state index in [1.807, 2.05) is 42.8 Å². The second-order valence-corrected chi connectivity index (χ2v) is 6.95. The van der Waals surface area contributed by atoms with E-state index in [-0.39, 0.29) is 5.78 Å². The summed E-state index contributed by atoms with van der Waals surface area (Å²) in [5, 5.41) is 4.92. The molecule has 0 spiro atoms. The van der Waals surface area contributed by atoms with Crippen molar-refractivity contribution in [3.05, 3.63) is 51.7 Å². The smallest absolute Gasteiger partial charge is 0.227 e. The molecular weight excluding hydrogens is 336 g/mol. The van der Waals surface area contributed by atoms with Crippen molar-refractivity contribution in [2.75, 3.05) is 0 Å². The van der Waals surface area contributed by atoms with Gasteiger partial charge < -0.3 is 4.57 Å². The number of amides is 1. The zero-order chi connectivity index (χ0) is 18.0. The molecule has 0 radical (unpaired) electrons. The second kappa shape index (κ2) is 6.98. The molecule has 2 aromatic heterocycles. The number of aromatic nitrogens is 2. The van der Waals surface area contributed by atoms with Gasteiger partial charge in [-0.1, -0.05) is 18.2 Å². The molecule has 0 saturated carbocycles. The first-order valence-corrected chi connectivity index (χ1v) is 8.59. The van der Waals surface area contributed by atoms with Gasteiger partial charge in [0.1, 0.15) is 0 Å². The molecule has 3 aromatic rings. The Hall–Kier alpha value is -2.80. The third kappa shape index (κ3) is 3.36. The van der Waals surface area contributed by atoms with Crippen molar-refractivity contribution in [1.82, 2.24) is 15.0 Å². The first kappa shape index (κ1) is 17.0. The van der Waals surface area contributed by atoms with Gasteiger partial charge in [0.15, 0.2) is 11.4 Å². The van der Waals surface area contributed by atoms with E-state index in [2.05, 4.69) is 15.5 Å². The zero-order valence-corrected chi connectivity index (χ0v) is 15.1. The highest BCUT2D eigenvalue weighted by atomic mass is 32.1. The number of carbonyl (C=O) groups is 2. The van der Waals surface area contributed by atoms with Crippen LogP contribution in [0.2, 0.25) is 0 Å². The van der Waals surface area contributed by atoms with Crippen LogP contribution < -0.4 is 5.43 Å². The number of hydrogen-bond donors (Lipinski definition) is 1. The summed E-state index contributed by atoms with van der Waals surface area (Å²) in [4.78, 5) is 26.7. The summed E-state index contributed by atoms with van der Waals surface area (Å²) >= 11 is 1.60. The lowest BCUT2D eigenvalue weighted by Crippen LogP contribution is -2.05. The number of nitrogens with one attached hydrogen (secondary N) is 1. The molecular formula is C18H18N4O2S. The fourth-order valence-corrected chi connectivity index (χ4v) is 3.81. The fourth-order valence-electron chi connectivity index (χ4n) is 2.83. The molecule has 1 aromatic carbocycles. The van der Waals surface area contributed by atoms with Gasteiger partial charge in [-0.2, -0.15) is 5.10 Å². The number of benzene rings is 1. The molecule has 0 aliphatic rings. The molecule has 1 amide bonds. The molecule has 0 saturated heterocycles. The number of hydrogen-bond acceptors (Lipinski definition) is 5. The Morgan fingerprint density at radius 2 is 2.24 bits per heavy atom. The molecule has 0 fully saturated rings. The standard InChI is InChI=1S/C18H18N4O2S/c1-11(24)14-6-4-5-13(7-14)8-16-15(9-19-20-10-23)17-18(22(16)3)21-12(2)25-17/h4-7,9-10H,8H2,1-3H3,(H,20,23)/b19-9-. The zero-order valence-electron chi connectivity index (χ0n) is 14.2. The number of hydrazone groups is 1. The fraction of sp³-hybridized carbons (Fsp3) is 0.222. The van der Waals surface area contributed by atoms with E-state index < -0.39 is 0 Å². The van der Waals surface area contributed by atoms with Crippen LogP contribution in [0.4, 0.5) is 0 Å². The summed E-state index contributed by atoms with van der Waals surface area (Å²) in [5.74, 6) is 0.0453. The highest BCUT2D eigenvalue weighted by Gasteiger charge is 2.18. The topological polar surface area (TPSA) is 76.3 Å². The number of aryl methyl sites for hydroxylation is 2. The average Bonchev–Trinajstić information content (AvgIpc) is 3.07. The highest BCUT2D eigenvalue weighted by molar-refractivity contribution is 7.18. The van der Waals surface area contributed by atoms with E-state index in [9.17, 15) is 9.59 Å². The van der Waals surface area contributed by atoms with Crippen molar-refractivity contribution >= 4 is 40.1 Å². The monoisotopic (exact) mass is 354 g/mol. The van der Waals surface area contributed by atoms with Gasteiger partial charge in [0, 0.05) is 30.3 Å². The van der Waals surface area contributed by atoms with E-state index in [0.29, 0.717) is 18.4 Å². The molecule has 3 rings (SSSR count). The number of thiazole rings is 1. The Bertz CT molecular complexity index is 985. The predicted molar refractivity (Wildman–Crippen MR) is 99.4 cm³/mol. The van der Waals surface area contributed by atoms with E-state index in [4.69, 9.17) is 0 Å². The maximum Gasteiger partial charge on any atom is 0.227 e. The number of ketones is 1. The summed E-state index contributed by atoms with van der Waals surface area (Å²) < 4.78 is 3.08. The third-order valence-corrected chi connectivity index (χ3v) is 5.01. The first-order chi connectivity index (χ1) is 12.0. The minimum absolute atomic E-state index is 0.0453. The Morgan fingerprint density at radius 1 is 1.44 bits per heavy atom. The van der Waals surface area contributed by atoms with Gasteiger partial charge in [0.25, 0.3) is 0 Å². The molecule has 0 aliphatic carbocycles. The van der Waals surface area contributed by atoms with Gasteiger partial charge in [-0.25, -0.2) is 10.4 Å². The lowest BCUT2D eigenvalue weighted by atomic mass is 10.0. The maximum absolute atomic E-state index is 11.6. The quantitative estimate of drug-likeness (QED) is 0.320. The van der Waals surface area contributed by atoms with Gasteiger partial charge in [-0.05, 0) is 25.5 Å². The van der Waals surface area contributed by atoms with Crippen LogP contribution in [0.1, 0.15) is 39.1 Å². The SMILES string of the molecule is CC(=O)c1cccc(Cc2c(/C=N\NC=O)c3sc(C)nc3n2C)c1. The van der Waals surface area contributed by atoms with Crippen molar-refractivity contribution in [3.8, 4) is 0 Å². The van der Waals surface area contributed by atoms with Crippen LogP contribution in [0.3, 0.4) is 0 Å². The minimum atomic E-state index is 0.0453. The molecule has 128 valence electrons. The van der Waals surface area contributed by atoms with Crippen LogP contribution in [0.25, 0.3) is 10.3 Å².